The minimum absolute atomic E-state index is 0. The first-order chi connectivity index (χ1) is 5.99. The molecule has 0 bridgehead atoms. The number of hydrogen-bond donors (Lipinski definition) is 0. The summed E-state index contributed by atoms with van der Waals surface area (Å²) in [6.07, 6.45) is 0. The maximum absolute atomic E-state index is 11.4. The lowest BCUT2D eigenvalue weighted by Crippen LogP contribution is -2.23. The van der Waals surface area contributed by atoms with Crippen molar-refractivity contribution in [3.05, 3.63) is 35.9 Å². The lowest BCUT2D eigenvalue weighted by molar-refractivity contribution is 0.00696. The molecular formula is C12H18O2. The average Bonchev–Trinajstić information content (AvgIpc) is 2.03. The van der Waals surface area contributed by atoms with E-state index < -0.39 is 5.60 Å². The molecule has 2 nitrogen and oxygen atoms in total. The van der Waals surface area contributed by atoms with Crippen LogP contribution in [0.1, 0.15) is 38.6 Å². The third kappa shape index (κ3) is 4.08. The molecule has 0 atom stereocenters. The second-order valence-corrected chi connectivity index (χ2v) is 3.87. The molecule has 0 spiro atoms. The molecule has 14 heavy (non-hydrogen) atoms. The number of carbonyl (C=O) groups is 1. The van der Waals surface area contributed by atoms with Crippen LogP contribution >= 0.6 is 0 Å². The molecule has 2 heteroatoms. The van der Waals surface area contributed by atoms with Crippen LogP contribution in [-0.2, 0) is 4.74 Å². The monoisotopic (exact) mass is 194 g/mol. The number of ether oxygens (including phenoxy) is 1. The minimum atomic E-state index is -0.424. The van der Waals surface area contributed by atoms with E-state index in [4.69, 9.17) is 4.74 Å². The molecule has 0 unspecified atom stereocenters. The highest BCUT2D eigenvalue weighted by Crippen LogP contribution is 2.11. The average molecular weight is 194 g/mol. The van der Waals surface area contributed by atoms with Crippen molar-refractivity contribution in [1.82, 2.24) is 0 Å². The largest absolute Gasteiger partial charge is 0.456 e. The maximum atomic E-state index is 11.4. The van der Waals surface area contributed by atoms with E-state index >= 15 is 0 Å². The highest BCUT2D eigenvalue weighted by molar-refractivity contribution is 5.89. The van der Waals surface area contributed by atoms with Crippen molar-refractivity contribution in [2.75, 3.05) is 0 Å². The van der Waals surface area contributed by atoms with E-state index in [9.17, 15) is 4.79 Å². The molecule has 0 aliphatic carbocycles. The molecule has 1 aromatic rings. The Morgan fingerprint density at radius 3 is 2.07 bits per heavy atom. The number of rotatable bonds is 1. The lowest BCUT2D eigenvalue weighted by Gasteiger charge is -2.19. The normalized spacial score (nSPS) is 10.2. The van der Waals surface area contributed by atoms with Gasteiger partial charge in [-0.05, 0) is 32.9 Å². The van der Waals surface area contributed by atoms with Crippen molar-refractivity contribution >= 4 is 5.97 Å². The van der Waals surface area contributed by atoms with Crippen LogP contribution in [0.25, 0.3) is 0 Å². The van der Waals surface area contributed by atoms with Gasteiger partial charge in [0.15, 0.2) is 0 Å². The zero-order chi connectivity index (χ0) is 9.90. The van der Waals surface area contributed by atoms with Crippen molar-refractivity contribution < 1.29 is 9.53 Å². The summed E-state index contributed by atoms with van der Waals surface area (Å²) in [5.74, 6) is -0.270. The van der Waals surface area contributed by atoms with Crippen LogP contribution in [0.2, 0.25) is 0 Å². The molecule has 0 aliphatic rings. The molecule has 0 aliphatic heterocycles. The highest BCUT2D eigenvalue weighted by atomic mass is 16.6. The fourth-order valence-corrected chi connectivity index (χ4v) is 0.911. The SMILES string of the molecule is C.CC(C)(C)OC(=O)c1ccccc1. The molecule has 78 valence electrons. The van der Waals surface area contributed by atoms with Gasteiger partial charge in [-0.25, -0.2) is 4.79 Å². The molecule has 0 saturated heterocycles. The summed E-state index contributed by atoms with van der Waals surface area (Å²) in [4.78, 5) is 11.4. The molecule has 0 saturated carbocycles. The quantitative estimate of drug-likeness (QED) is 0.641. The van der Waals surface area contributed by atoms with Crippen molar-refractivity contribution in [1.29, 1.82) is 0 Å². The second-order valence-electron chi connectivity index (χ2n) is 3.87. The standard InChI is InChI=1S/C11H14O2.CH4/c1-11(2,3)13-10(12)9-7-5-4-6-8-9;/h4-8H,1-3H3;1H4. The van der Waals surface area contributed by atoms with Gasteiger partial charge < -0.3 is 4.74 Å². The van der Waals surface area contributed by atoms with Gasteiger partial charge in [-0.2, -0.15) is 0 Å². The Labute approximate surface area is 85.9 Å². The van der Waals surface area contributed by atoms with E-state index in [1.807, 2.05) is 39.0 Å². The van der Waals surface area contributed by atoms with Gasteiger partial charge in [0.05, 0.1) is 5.56 Å². The predicted molar refractivity (Wildman–Crippen MR) is 58.3 cm³/mol. The van der Waals surface area contributed by atoms with Gasteiger partial charge in [0.25, 0.3) is 0 Å². The zero-order valence-corrected chi connectivity index (χ0v) is 8.20. The van der Waals surface area contributed by atoms with Crippen LogP contribution in [0, 0.1) is 0 Å². The van der Waals surface area contributed by atoms with Gasteiger partial charge in [0.2, 0.25) is 0 Å². The summed E-state index contributed by atoms with van der Waals surface area (Å²) < 4.78 is 5.18. The summed E-state index contributed by atoms with van der Waals surface area (Å²) in [6.45, 7) is 5.56. The van der Waals surface area contributed by atoms with E-state index in [1.54, 1.807) is 12.1 Å². The Morgan fingerprint density at radius 1 is 1.14 bits per heavy atom. The third-order valence-electron chi connectivity index (χ3n) is 1.41. The Bertz CT molecular complexity index is 283. The van der Waals surface area contributed by atoms with E-state index in [-0.39, 0.29) is 13.4 Å². The van der Waals surface area contributed by atoms with E-state index in [0.29, 0.717) is 5.56 Å². The van der Waals surface area contributed by atoms with E-state index in [1.165, 1.54) is 0 Å². The van der Waals surface area contributed by atoms with Crippen LogP contribution < -0.4 is 0 Å². The predicted octanol–water partition coefficient (Wildman–Crippen LogP) is 3.28. The summed E-state index contributed by atoms with van der Waals surface area (Å²) in [7, 11) is 0. The maximum Gasteiger partial charge on any atom is 0.338 e. The summed E-state index contributed by atoms with van der Waals surface area (Å²) in [5.41, 5.74) is 0.171. The van der Waals surface area contributed by atoms with Gasteiger partial charge >= 0.3 is 5.97 Å². The summed E-state index contributed by atoms with van der Waals surface area (Å²) in [5, 5.41) is 0. The van der Waals surface area contributed by atoms with Crippen molar-refractivity contribution in [2.24, 2.45) is 0 Å². The number of hydrogen-bond acceptors (Lipinski definition) is 2. The van der Waals surface area contributed by atoms with Crippen molar-refractivity contribution in [3.8, 4) is 0 Å². The summed E-state index contributed by atoms with van der Waals surface area (Å²) in [6, 6.07) is 8.99. The van der Waals surface area contributed by atoms with Crippen LogP contribution in [0.15, 0.2) is 30.3 Å². The summed E-state index contributed by atoms with van der Waals surface area (Å²) >= 11 is 0. The molecule has 0 heterocycles. The third-order valence-corrected chi connectivity index (χ3v) is 1.41. The lowest BCUT2D eigenvalue weighted by atomic mass is 10.2. The van der Waals surface area contributed by atoms with E-state index in [2.05, 4.69) is 0 Å². The molecule has 1 aromatic carbocycles. The highest BCUT2D eigenvalue weighted by Gasteiger charge is 2.16. The van der Waals surface area contributed by atoms with Gasteiger partial charge in [-0.1, -0.05) is 25.6 Å². The molecule has 0 fully saturated rings. The number of carbonyl (C=O) groups excluding carboxylic acids is 1. The molecule has 0 aromatic heterocycles. The van der Waals surface area contributed by atoms with Crippen molar-refractivity contribution in [3.63, 3.8) is 0 Å². The number of benzene rings is 1. The Hall–Kier alpha value is -1.31. The van der Waals surface area contributed by atoms with Gasteiger partial charge in [-0.3, -0.25) is 0 Å². The van der Waals surface area contributed by atoms with Gasteiger partial charge in [0.1, 0.15) is 5.60 Å². The fraction of sp³-hybridized carbons (Fsp3) is 0.417. The Balaban J connectivity index is 0.00000169. The zero-order valence-electron chi connectivity index (χ0n) is 8.20. The first-order valence-electron chi connectivity index (χ1n) is 4.27. The van der Waals surface area contributed by atoms with Crippen LogP contribution in [-0.4, -0.2) is 11.6 Å². The topological polar surface area (TPSA) is 26.3 Å². The van der Waals surface area contributed by atoms with Crippen molar-refractivity contribution in [2.45, 2.75) is 33.8 Å². The Kier molecular flexibility index (Phi) is 4.35. The van der Waals surface area contributed by atoms with Crippen LogP contribution in [0.4, 0.5) is 0 Å². The first-order valence-corrected chi connectivity index (χ1v) is 4.27. The molecule has 1 rings (SSSR count). The first kappa shape index (κ1) is 12.7. The van der Waals surface area contributed by atoms with Crippen LogP contribution in [0.3, 0.4) is 0 Å². The molecule has 0 N–H and O–H groups in total. The fourth-order valence-electron chi connectivity index (χ4n) is 0.911. The Morgan fingerprint density at radius 2 is 1.64 bits per heavy atom. The molecular weight excluding hydrogens is 176 g/mol. The smallest absolute Gasteiger partial charge is 0.338 e. The number of esters is 1. The van der Waals surface area contributed by atoms with Gasteiger partial charge in [0, 0.05) is 0 Å². The van der Waals surface area contributed by atoms with Crippen LogP contribution in [0.5, 0.6) is 0 Å². The minimum Gasteiger partial charge on any atom is -0.456 e. The molecule has 0 radical (unpaired) electrons. The molecule has 0 amide bonds. The second kappa shape index (κ2) is 4.80. The van der Waals surface area contributed by atoms with E-state index in [0.717, 1.165) is 0 Å². The van der Waals surface area contributed by atoms with Gasteiger partial charge in [-0.15, -0.1) is 0 Å².